The van der Waals surface area contributed by atoms with Crippen LogP contribution >= 0.6 is 15.9 Å². The first-order valence-corrected chi connectivity index (χ1v) is 8.48. The van der Waals surface area contributed by atoms with Crippen LogP contribution in [-0.2, 0) is 0 Å². The number of aliphatic imine (C=N–C) groups is 1. The predicted molar refractivity (Wildman–Crippen MR) is 93.9 cm³/mol. The van der Waals surface area contributed by atoms with E-state index in [1.807, 2.05) is 0 Å². The lowest BCUT2D eigenvalue weighted by Gasteiger charge is -2.20. The Morgan fingerprint density at radius 2 is 2.19 bits per heavy atom. The Kier molecular flexibility index (Phi) is 5.91. The zero-order valence-corrected chi connectivity index (χ0v) is 14.5. The fourth-order valence-corrected chi connectivity index (χ4v) is 3.15. The van der Waals surface area contributed by atoms with Gasteiger partial charge in [-0.05, 0) is 44.4 Å². The largest absolute Gasteiger partial charge is 0.371 e. The summed E-state index contributed by atoms with van der Waals surface area (Å²) in [7, 11) is 0. The molecule has 1 atom stereocenters. The first-order valence-electron chi connectivity index (χ1n) is 7.69. The molecule has 1 saturated heterocycles. The molecule has 2 N–H and O–H groups in total. The molecule has 0 saturated carbocycles. The van der Waals surface area contributed by atoms with Crippen LogP contribution in [0.2, 0.25) is 0 Å². The summed E-state index contributed by atoms with van der Waals surface area (Å²) in [5.74, 6) is 1.28. The molecule has 1 aromatic rings. The molecule has 21 heavy (non-hydrogen) atoms. The molecule has 1 unspecified atom stereocenters. The lowest BCUT2D eigenvalue weighted by atomic mass is 10.1. The van der Waals surface area contributed by atoms with Crippen LogP contribution in [0.1, 0.15) is 20.3 Å². The quantitative estimate of drug-likeness (QED) is 0.654. The van der Waals surface area contributed by atoms with Crippen LogP contribution in [0, 0.1) is 5.92 Å². The van der Waals surface area contributed by atoms with E-state index < -0.39 is 0 Å². The van der Waals surface area contributed by atoms with Crippen LogP contribution in [0.25, 0.3) is 0 Å². The highest BCUT2D eigenvalue weighted by atomic mass is 79.9. The van der Waals surface area contributed by atoms with Gasteiger partial charge < -0.3 is 15.5 Å². The molecule has 2 rings (SSSR count). The third kappa shape index (κ3) is 4.37. The van der Waals surface area contributed by atoms with Gasteiger partial charge in [-0.2, -0.15) is 0 Å². The average molecular weight is 353 g/mol. The maximum absolute atomic E-state index is 6.04. The average Bonchev–Trinajstić information content (AvgIpc) is 2.95. The van der Waals surface area contributed by atoms with Crippen molar-refractivity contribution in [2.75, 3.05) is 37.6 Å². The predicted octanol–water partition coefficient (Wildman–Crippen LogP) is 2.93. The number of hydrogen-bond donors (Lipinski definition) is 1. The molecule has 0 amide bonds. The molecule has 1 aliphatic heterocycles. The van der Waals surface area contributed by atoms with Crippen LogP contribution < -0.4 is 10.6 Å². The molecule has 0 radical (unpaired) electrons. The standard InChI is InChI=1S/C16H25BrN4/c1-3-20(4-2)16(18)19-11-13-8-9-21(12-13)15-7-5-6-14(17)10-15/h5-7,10,13H,3-4,8-9,11-12H2,1-2H3,(H2,18,19). The molecule has 0 aliphatic carbocycles. The molecular formula is C16H25BrN4. The van der Waals surface area contributed by atoms with Crippen LogP contribution in [-0.4, -0.2) is 43.6 Å². The van der Waals surface area contributed by atoms with Crippen molar-refractivity contribution in [3.63, 3.8) is 0 Å². The fraction of sp³-hybridized carbons (Fsp3) is 0.562. The number of benzene rings is 1. The van der Waals surface area contributed by atoms with Crippen LogP contribution in [0.4, 0.5) is 5.69 Å². The maximum atomic E-state index is 6.04. The van der Waals surface area contributed by atoms with Gasteiger partial charge in [0.2, 0.25) is 0 Å². The molecule has 5 heteroatoms. The number of nitrogens with zero attached hydrogens (tertiary/aromatic N) is 3. The summed E-state index contributed by atoms with van der Waals surface area (Å²) in [6.07, 6.45) is 1.18. The monoisotopic (exact) mass is 352 g/mol. The summed E-state index contributed by atoms with van der Waals surface area (Å²) < 4.78 is 1.13. The van der Waals surface area contributed by atoms with Crippen molar-refractivity contribution in [1.82, 2.24) is 4.90 Å². The summed E-state index contributed by atoms with van der Waals surface area (Å²) >= 11 is 3.54. The van der Waals surface area contributed by atoms with Crippen molar-refractivity contribution in [3.05, 3.63) is 28.7 Å². The fourth-order valence-electron chi connectivity index (χ4n) is 2.76. The second-order valence-electron chi connectivity index (χ2n) is 5.45. The first-order chi connectivity index (χ1) is 10.1. The van der Waals surface area contributed by atoms with Crippen molar-refractivity contribution >= 4 is 27.6 Å². The first kappa shape index (κ1) is 16.1. The van der Waals surface area contributed by atoms with Gasteiger partial charge in [0.25, 0.3) is 0 Å². The molecule has 1 heterocycles. The summed E-state index contributed by atoms with van der Waals surface area (Å²) in [5, 5.41) is 0. The smallest absolute Gasteiger partial charge is 0.191 e. The molecule has 4 nitrogen and oxygen atoms in total. The van der Waals surface area contributed by atoms with Gasteiger partial charge in [0.1, 0.15) is 0 Å². The summed E-state index contributed by atoms with van der Waals surface area (Å²) in [5.41, 5.74) is 7.32. The van der Waals surface area contributed by atoms with Crippen molar-refractivity contribution in [2.24, 2.45) is 16.6 Å². The SMILES string of the molecule is CCN(CC)C(N)=NCC1CCN(c2cccc(Br)c2)C1. The van der Waals surface area contributed by atoms with Crippen molar-refractivity contribution < 1.29 is 0 Å². The highest BCUT2D eigenvalue weighted by Crippen LogP contribution is 2.26. The van der Waals surface area contributed by atoms with E-state index in [9.17, 15) is 0 Å². The van der Waals surface area contributed by atoms with Crippen molar-refractivity contribution in [1.29, 1.82) is 0 Å². The Morgan fingerprint density at radius 3 is 2.86 bits per heavy atom. The van der Waals surface area contributed by atoms with Gasteiger partial charge >= 0.3 is 0 Å². The summed E-state index contributed by atoms with van der Waals surface area (Å²) in [4.78, 5) is 9.11. The van der Waals surface area contributed by atoms with Gasteiger partial charge in [-0.15, -0.1) is 0 Å². The van der Waals surface area contributed by atoms with E-state index in [1.165, 1.54) is 12.1 Å². The third-order valence-electron chi connectivity index (χ3n) is 4.06. The minimum atomic E-state index is 0.595. The van der Waals surface area contributed by atoms with Crippen LogP contribution in [0.3, 0.4) is 0 Å². The van der Waals surface area contributed by atoms with E-state index >= 15 is 0 Å². The number of nitrogens with two attached hydrogens (primary N) is 1. The lowest BCUT2D eigenvalue weighted by molar-refractivity contribution is 0.455. The lowest BCUT2D eigenvalue weighted by Crippen LogP contribution is -2.37. The number of halogens is 1. The van der Waals surface area contributed by atoms with E-state index in [0.717, 1.165) is 37.2 Å². The number of rotatable bonds is 5. The summed E-state index contributed by atoms with van der Waals surface area (Å²) in [6, 6.07) is 8.49. The van der Waals surface area contributed by atoms with Gasteiger partial charge in [0.05, 0.1) is 0 Å². The molecule has 1 aliphatic rings. The molecule has 116 valence electrons. The van der Waals surface area contributed by atoms with Gasteiger partial charge in [0.15, 0.2) is 5.96 Å². The van der Waals surface area contributed by atoms with Crippen LogP contribution in [0.5, 0.6) is 0 Å². The van der Waals surface area contributed by atoms with Gasteiger partial charge in [0, 0.05) is 42.9 Å². The molecule has 1 fully saturated rings. The molecular weight excluding hydrogens is 328 g/mol. The molecule has 1 aromatic carbocycles. The minimum absolute atomic E-state index is 0.595. The Labute approximate surface area is 136 Å². The van der Waals surface area contributed by atoms with Gasteiger partial charge in [-0.25, -0.2) is 0 Å². The van der Waals surface area contributed by atoms with Crippen LogP contribution in [0.15, 0.2) is 33.7 Å². The Hall–Kier alpha value is -1.23. The number of anilines is 1. The highest BCUT2D eigenvalue weighted by molar-refractivity contribution is 9.10. The molecule has 0 spiro atoms. The topological polar surface area (TPSA) is 44.9 Å². The molecule has 0 bridgehead atoms. The Bertz CT molecular complexity index is 485. The zero-order valence-electron chi connectivity index (χ0n) is 12.9. The van der Waals surface area contributed by atoms with E-state index in [0.29, 0.717) is 11.9 Å². The highest BCUT2D eigenvalue weighted by Gasteiger charge is 2.22. The maximum Gasteiger partial charge on any atom is 0.191 e. The van der Waals surface area contributed by atoms with Crippen molar-refractivity contribution in [3.8, 4) is 0 Å². The normalized spacial score (nSPS) is 19.1. The number of guanidine groups is 1. The number of hydrogen-bond acceptors (Lipinski definition) is 2. The Morgan fingerprint density at radius 1 is 1.43 bits per heavy atom. The van der Waals surface area contributed by atoms with E-state index in [2.05, 4.69) is 68.8 Å². The van der Waals surface area contributed by atoms with E-state index in [4.69, 9.17) is 5.73 Å². The second-order valence-corrected chi connectivity index (χ2v) is 6.37. The minimum Gasteiger partial charge on any atom is -0.371 e. The van der Waals surface area contributed by atoms with E-state index in [-0.39, 0.29) is 0 Å². The van der Waals surface area contributed by atoms with Crippen molar-refractivity contribution in [2.45, 2.75) is 20.3 Å². The zero-order chi connectivity index (χ0) is 15.2. The van der Waals surface area contributed by atoms with E-state index in [1.54, 1.807) is 0 Å². The second kappa shape index (κ2) is 7.69. The van der Waals surface area contributed by atoms with Gasteiger partial charge in [-0.1, -0.05) is 22.0 Å². The Balaban J connectivity index is 1.89. The summed E-state index contributed by atoms with van der Waals surface area (Å²) in [6.45, 7) is 9.04. The van der Waals surface area contributed by atoms with Gasteiger partial charge in [-0.3, -0.25) is 4.99 Å². The molecule has 0 aromatic heterocycles. The third-order valence-corrected chi connectivity index (χ3v) is 4.55.